The highest BCUT2D eigenvalue weighted by molar-refractivity contribution is 5.92. The van der Waals surface area contributed by atoms with Crippen molar-refractivity contribution in [3.8, 4) is 5.75 Å². The molecule has 6 heteroatoms. The van der Waals surface area contributed by atoms with E-state index >= 15 is 0 Å². The SMILES string of the molecule is CCOc1ccccc1Nc1nccc(C(=O)NC(C)C)n1. The molecule has 2 aromatic rings. The van der Waals surface area contributed by atoms with Gasteiger partial charge in [-0.05, 0) is 39.0 Å². The average Bonchev–Trinajstić information content (AvgIpc) is 2.49. The molecule has 0 saturated carbocycles. The predicted molar refractivity (Wildman–Crippen MR) is 85.5 cm³/mol. The first-order valence-electron chi connectivity index (χ1n) is 7.23. The molecule has 2 N–H and O–H groups in total. The maximum atomic E-state index is 12.0. The molecule has 0 aliphatic heterocycles. The zero-order valence-electron chi connectivity index (χ0n) is 13.0. The maximum absolute atomic E-state index is 12.0. The summed E-state index contributed by atoms with van der Waals surface area (Å²) in [5, 5.41) is 5.88. The Labute approximate surface area is 129 Å². The van der Waals surface area contributed by atoms with Gasteiger partial charge in [-0.2, -0.15) is 0 Å². The van der Waals surface area contributed by atoms with Gasteiger partial charge in [-0.3, -0.25) is 4.79 Å². The molecule has 0 radical (unpaired) electrons. The molecule has 0 saturated heterocycles. The lowest BCUT2D eigenvalue weighted by Crippen LogP contribution is -2.30. The summed E-state index contributed by atoms with van der Waals surface area (Å²) in [7, 11) is 0. The number of carbonyl (C=O) groups is 1. The van der Waals surface area contributed by atoms with Crippen molar-refractivity contribution < 1.29 is 9.53 Å². The standard InChI is InChI=1S/C16H20N4O2/c1-4-22-14-8-6-5-7-12(14)19-16-17-10-9-13(20-16)15(21)18-11(2)3/h5-11H,4H2,1-3H3,(H,18,21)(H,17,19,20). The minimum Gasteiger partial charge on any atom is -0.492 e. The third-order valence-electron chi connectivity index (χ3n) is 2.74. The Hall–Kier alpha value is -2.63. The number of carbonyl (C=O) groups excluding carboxylic acids is 1. The Kier molecular flexibility index (Phi) is 5.30. The van der Waals surface area contributed by atoms with Crippen LogP contribution in [0.4, 0.5) is 11.6 Å². The molecule has 6 nitrogen and oxygen atoms in total. The number of aromatic nitrogens is 2. The van der Waals surface area contributed by atoms with Crippen molar-refractivity contribution in [3.05, 3.63) is 42.2 Å². The highest BCUT2D eigenvalue weighted by Gasteiger charge is 2.11. The van der Waals surface area contributed by atoms with E-state index in [4.69, 9.17) is 4.74 Å². The van der Waals surface area contributed by atoms with Crippen LogP contribution in [-0.4, -0.2) is 28.5 Å². The highest BCUT2D eigenvalue weighted by Crippen LogP contribution is 2.25. The van der Waals surface area contributed by atoms with Crippen LogP contribution in [0.25, 0.3) is 0 Å². The Bertz CT molecular complexity index is 644. The second-order valence-corrected chi connectivity index (χ2v) is 4.95. The van der Waals surface area contributed by atoms with E-state index in [2.05, 4.69) is 20.6 Å². The number of hydrogen-bond acceptors (Lipinski definition) is 5. The normalized spacial score (nSPS) is 10.4. The summed E-state index contributed by atoms with van der Waals surface area (Å²) in [6.45, 7) is 6.29. The van der Waals surface area contributed by atoms with Crippen LogP contribution < -0.4 is 15.4 Å². The Morgan fingerprint density at radius 1 is 1.27 bits per heavy atom. The van der Waals surface area contributed by atoms with Crippen molar-refractivity contribution in [2.24, 2.45) is 0 Å². The molecule has 1 amide bonds. The van der Waals surface area contributed by atoms with E-state index in [0.29, 0.717) is 24.0 Å². The van der Waals surface area contributed by atoms with E-state index in [-0.39, 0.29) is 11.9 Å². The Morgan fingerprint density at radius 3 is 2.77 bits per heavy atom. The van der Waals surface area contributed by atoms with Gasteiger partial charge in [-0.25, -0.2) is 9.97 Å². The van der Waals surface area contributed by atoms with Gasteiger partial charge >= 0.3 is 0 Å². The first kappa shape index (κ1) is 15.8. The molecule has 1 aromatic heterocycles. The van der Waals surface area contributed by atoms with E-state index < -0.39 is 0 Å². The summed E-state index contributed by atoms with van der Waals surface area (Å²) in [5.41, 5.74) is 1.07. The summed E-state index contributed by atoms with van der Waals surface area (Å²) in [5.74, 6) is 0.840. The van der Waals surface area contributed by atoms with E-state index in [1.807, 2.05) is 45.0 Å². The number of benzene rings is 1. The molecule has 0 fully saturated rings. The van der Waals surface area contributed by atoms with E-state index in [0.717, 1.165) is 5.69 Å². The molecule has 0 aliphatic carbocycles. The third-order valence-corrected chi connectivity index (χ3v) is 2.74. The number of amides is 1. The van der Waals surface area contributed by atoms with Crippen LogP contribution in [0.2, 0.25) is 0 Å². The number of nitrogens with one attached hydrogen (secondary N) is 2. The molecule has 0 aliphatic rings. The van der Waals surface area contributed by atoms with Crippen molar-refractivity contribution in [3.63, 3.8) is 0 Å². The second-order valence-electron chi connectivity index (χ2n) is 4.95. The zero-order chi connectivity index (χ0) is 15.9. The van der Waals surface area contributed by atoms with Gasteiger partial charge in [0.2, 0.25) is 5.95 Å². The first-order valence-corrected chi connectivity index (χ1v) is 7.23. The second kappa shape index (κ2) is 7.40. The van der Waals surface area contributed by atoms with Gasteiger partial charge in [0.1, 0.15) is 11.4 Å². The number of hydrogen-bond donors (Lipinski definition) is 2. The summed E-state index contributed by atoms with van der Waals surface area (Å²) in [6, 6.07) is 9.15. The number of nitrogens with zero attached hydrogens (tertiary/aromatic N) is 2. The van der Waals surface area contributed by atoms with Crippen molar-refractivity contribution >= 4 is 17.5 Å². The van der Waals surface area contributed by atoms with E-state index in [1.165, 1.54) is 0 Å². The van der Waals surface area contributed by atoms with Crippen LogP contribution in [0, 0.1) is 0 Å². The average molecular weight is 300 g/mol. The molecular formula is C16H20N4O2. The zero-order valence-corrected chi connectivity index (χ0v) is 13.0. The lowest BCUT2D eigenvalue weighted by Gasteiger charge is -2.12. The molecule has 1 heterocycles. The third kappa shape index (κ3) is 4.18. The smallest absolute Gasteiger partial charge is 0.270 e. The predicted octanol–water partition coefficient (Wildman–Crippen LogP) is 2.76. The van der Waals surface area contributed by atoms with Crippen molar-refractivity contribution in [1.82, 2.24) is 15.3 Å². The lowest BCUT2D eigenvalue weighted by atomic mass is 10.3. The monoisotopic (exact) mass is 300 g/mol. The Balaban J connectivity index is 2.19. The largest absolute Gasteiger partial charge is 0.492 e. The summed E-state index contributed by atoms with van der Waals surface area (Å²) < 4.78 is 5.54. The van der Waals surface area contributed by atoms with Crippen LogP contribution in [0.5, 0.6) is 5.75 Å². The minimum absolute atomic E-state index is 0.0533. The van der Waals surface area contributed by atoms with Crippen LogP contribution in [-0.2, 0) is 0 Å². The summed E-state index contributed by atoms with van der Waals surface area (Å²) >= 11 is 0. The lowest BCUT2D eigenvalue weighted by molar-refractivity contribution is 0.0938. The summed E-state index contributed by atoms with van der Waals surface area (Å²) in [4.78, 5) is 20.3. The molecule has 0 atom stereocenters. The molecular weight excluding hydrogens is 280 g/mol. The fraction of sp³-hybridized carbons (Fsp3) is 0.312. The maximum Gasteiger partial charge on any atom is 0.270 e. The number of ether oxygens (including phenoxy) is 1. The van der Waals surface area contributed by atoms with Gasteiger partial charge in [0, 0.05) is 12.2 Å². The van der Waals surface area contributed by atoms with Crippen molar-refractivity contribution in [2.75, 3.05) is 11.9 Å². The highest BCUT2D eigenvalue weighted by atomic mass is 16.5. The summed E-state index contributed by atoms with van der Waals surface area (Å²) in [6.07, 6.45) is 1.55. The molecule has 116 valence electrons. The van der Waals surface area contributed by atoms with Crippen LogP contribution in [0.1, 0.15) is 31.3 Å². The van der Waals surface area contributed by atoms with Gasteiger partial charge < -0.3 is 15.4 Å². The molecule has 1 aromatic carbocycles. The molecule has 0 spiro atoms. The number of anilines is 2. The fourth-order valence-corrected chi connectivity index (χ4v) is 1.85. The quantitative estimate of drug-likeness (QED) is 0.858. The van der Waals surface area contributed by atoms with Gasteiger partial charge in [-0.1, -0.05) is 12.1 Å². The van der Waals surface area contributed by atoms with E-state index in [1.54, 1.807) is 12.3 Å². The fourth-order valence-electron chi connectivity index (χ4n) is 1.85. The number of para-hydroxylation sites is 2. The van der Waals surface area contributed by atoms with Crippen LogP contribution in [0.15, 0.2) is 36.5 Å². The van der Waals surface area contributed by atoms with Gasteiger partial charge in [0.25, 0.3) is 5.91 Å². The number of rotatable bonds is 6. The minimum atomic E-state index is -0.224. The van der Waals surface area contributed by atoms with Crippen molar-refractivity contribution in [1.29, 1.82) is 0 Å². The van der Waals surface area contributed by atoms with Crippen molar-refractivity contribution in [2.45, 2.75) is 26.8 Å². The van der Waals surface area contributed by atoms with Gasteiger partial charge in [-0.15, -0.1) is 0 Å². The molecule has 0 bridgehead atoms. The molecule has 2 rings (SSSR count). The Morgan fingerprint density at radius 2 is 2.05 bits per heavy atom. The molecule has 22 heavy (non-hydrogen) atoms. The topological polar surface area (TPSA) is 76.1 Å². The molecule has 0 unspecified atom stereocenters. The first-order chi connectivity index (χ1) is 10.6. The van der Waals surface area contributed by atoms with Crippen LogP contribution >= 0.6 is 0 Å². The van der Waals surface area contributed by atoms with Gasteiger partial charge in [0.05, 0.1) is 12.3 Å². The van der Waals surface area contributed by atoms with E-state index in [9.17, 15) is 4.79 Å². The van der Waals surface area contributed by atoms with Gasteiger partial charge in [0.15, 0.2) is 0 Å². The van der Waals surface area contributed by atoms with Crippen LogP contribution in [0.3, 0.4) is 0 Å².